The Morgan fingerprint density at radius 3 is 1.22 bits per heavy atom. The molecule has 0 aromatic heterocycles. The quantitative estimate of drug-likeness (QED) is 0.134. The van der Waals surface area contributed by atoms with E-state index < -0.39 is 75.5 Å². The Bertz CT molecular complexity index is 2220. The number of hydrogen-bond donors (Lipinski definition) is 0. The molecule has 2 atom stereocenters. The van der Waals surface area contributed by atoms with Gasteiger partial charge in [0, 0.05) is 0 Å². The van der Waals surface area contributed by atoms with E-state index in [1.165, 1.54) is 72.8 Å². The fourth-order valence-electron chi connectivity index (χ4n) is 9.17. The normalized spacial score (nSPS) is 25.5. The van der Waals surface area contributed by atoms with E-state index in [-0.39, 0.29) is 21.7 Å². The van der Waals surface area contributed by atoms with Crippen molar-refractivity contribution in [3.63, 3.8) is 0 Å². The van der Waals surface area contributed by atoms with Crippen LogP contribution in [-0.4, -0.2) is 24.7 Å². The van der Waals surface area contributed by atoms with E-state index in [1.807, 2.05) is 0 Å². The number of halogens is 13. The number of rotatable bonds is 3. The van der Waals surface area contributed by atoms with Crippen LogP contribution < -0.4 is 10.6 Å². The van der Waals surface area contributed by atoms with Gasteiger partial charge in [0.05, 0.1) is 0 Å². The molecule has 17 heteroatoms. The average molecular weight is 822 g/mol. The van der Waals surface area contributed by atoms with E-state index in [4.69, 9.17) is 25.2 Å². The van der Waals surface area contributed by atoms with Gasteiger partial charge < -0.3 is 0 Å². The third-order valence-electron chi connectivity index (χ3n) is 10.9. The van der Waals surface area contributed by atoms with Crippen LogP contribution in [0.5, 0.6) is 0 Å². The van der Waals surface area contributed by atoms with E-state index in [0.717, 1.165) is 36.4 Å². The summed E-state index contributed by atoms with van der Waals surface area (Å²) in [6.07, 6.45) is -26.4. The molecule has 1 fully saturated rings. The van der Waals surface area contributed by atoms with E-state index in [9.17, 15) is 0 Å². The second kappa shape index (κ2) is 10.8. The van der Waals surface area contributed by atoms with Gasteiger partial charge in [-0.1, -0.05) is 0 Å². The molecule has 3 nitrogen and oxygen atoms in total. The Kier molecular flexibility index (Phi) is 7.43. The van der Waals surface area contributed by atoms with Gasteiger partial charge >= 0.3 is 309 Å². The molecule has 0 amide bonds. The maximum atomic E-state index is 15.8. The van der Waals surface area contributed by atoms with Crippen LogP contribution in [0.15, 0.2) is 133 Å². The van der Waals surface area contributed by atoms with Crippen molar-refractivity contribution in [1.29, 1.82) is 0 Å². The van der Waals surface area contributed by atoms with E-state index in [0.29, 0.717) is 24.3 Å². The average Bonchev–Trinajstić information content (AvgIpc) is 3.54. The fourth-order valence-corrected chi connectivity index (χ4v) is 18.3. The van der Waals surface area contributed by atoms with Crippen molar-refractivity contribution in [2.45, 2.75) is 47.2 Å². The van der Waals surface area contributed by atoms with Gasteiger partial charge in [-0.15, -0.1) is 0 Å². The fraction of sp³-hybridized carbons (Fsp3) is 0.211. The van der Waals surface area contributed by atoms with E-state index in [1.54, 1.807) is 0 Å². The first-order chi connectivity index (χ1) is 25.6. The molecule has 5 aromatic carbocycles. The summed E-state index contributed by atoms with van der Waals surface area (Å²) < 4.78 is 208. The Balaban J connectivity index is 1.72. The van der Waals surface area contributed by atoms with Crippen LogP contribution in [-0.2, 0) is 30.4 Å². The van der Waals surface area contributed by atoms with Gasteiger partial charge in [-0.2, -0.15) is 0 Å². The summed E-state index contributed by atoms with van der Waals surface area (Å²) in [5.41, 5.74) is -20.5. The van der Waals surface area contributed by atoms with Gasteiger partial charge in [0.2, 0.25) is 0 Å². The zero-order valence-electron chi connectivity index (χ0n) is 27.4. The minimum atomic E-state index is -8.62. The van der Waals surface area contributed by atoms with Crippen molar-refractivity contribution in [1.82, 2.24) is 0 Å². The van der Waals surface area contributed by atoms with E-state index >= 15 is 52.7 Å². The molecule has 8 rings (SSSR count). The molecule has 0 radical (unpaired) electrons. The first-order valence-corrected chi connectivity index (χ1v) is 19.1. The van der Waals surface area contributed by atoms with Gasteiger partial charge in [-0.05, 0) is 0 Å². The molecule has 55 heavy (non-hydrogen) atoms. The Morgan fingerprint density at radius 1 is 0.436 bits per heavy atom. The minimum absolute atomic E-state index is 0.0772. The Morgan fingerprint density at radius 2 is 0.800 bits per heavy atom. The molecule has 0 N–H and O–H groups in total. The second-order valence-electron chi connectivity index (χ2n) is 13.5. The SMILES string of the molecule is FC(F)(F)C1(C(F)(F)F)O[P-]23(OC(c4ccccc4)(c4ccc(Cl)cc4)C2c2ccccc2)(OC(C(F)(F)F)(C(F)(F)F)c2ccccc23)c2ccccc21. The maximum absolute atomic E-state index is 15.8. The zero-order valence-corrected chi connectivity index (χ0v) is 29.0. The molecule has 0 bridgehead atoms. The molecular formula is C38H23ClF12O3P-. The van der Waals surface area contributed by atoms with Crippen molar-refractivity contribution in [2.75, 3.05) is 0 Å². The van der Waals surface area contributed by atoms with Crippen LogP contribution in [0.3, 0.4) is 0 Å². The molecule has 1 spiro atoms. The van der Waals surface area contributed by atoms with Crippen LogP contribution in [0.2, 0.25) is 5.02 Å². The summed E-state index contributed by atoms with van der Waals surface area (Å²) >= 11 is 6.19. The third kappa shape index (κ3) is 4.05. The number of hydrogen-bond acceptors (Lipinski definition) is 3. The van der Waals surface area contributed by atoms with Crippen molar-refractivity contribution < 1.29 is 66.3 Å². The molecule has 3 aliphatic heterocycles. The predicted octanol–water partition coefficient (Wildman–Crippen LogP) is 11.5. The Hall–Kier alpha value is -4.14. The van der Waals surface area contributed by atoms with Gasteiger partial charge in [0.15, 0.2) is 0 Å². The monoisotopic (exact) mass is 821 g/mol. The topological polar surface area (TPSA) is 27.7 Å². The summed E-state index contributed by atoms with van der Waals surface area (Å²) in [6, 6.07) is 23.1. The number of benzene rings is 5. The van der Waals surface area contributed by atoms with Gasteiger partial charge in [-0.3, -0.25) is 0 Å². The van der Waals surface area contributed by atoms with Gasteiger partial charge in [-0.25, -0.2) is 0 Å². The molecule has 0 aliphatic carbocycles. The second-order valence-corrected chi connectivity index (χ2v) is 18.9. The molecule has 3 aliphatic rings. The van der Waals surface area contributed by atoms with Gasteiger partial charge in [0.25, 0.3) is 0 Å². The molecule has 290 valence electrons. The van der Waals surface area contributed by atoms with Gasteiger partial charge in [0.1, 0.15) is 0 Å². The van der Waals surface area contributed by atoms with E-state index in [2.05, 4.69) is 0 Å². The Labute approximate surface area is 308 Å². The van der Waals surface area contributed by atoms with Crippen LogP contribution >= 0.6 is 18.2 Å². The third-order valence-corrected chi connectivity index (χ3v) is 18.1. The van der Waals surface area contributed by atoms with Crippen LogP contribution in [0.1, 0.15) is 33.5 Å². The van der Waals surface area contributed by atoms with Crippen molar-refractivity contribution >= 4 is 28.8 Å². The van der Waals surface area contributed by atoms with Crippen LogP contribution in [0.4, 0.5) is 52.7 Å². The number of fused-ring (bicyclic) bond motifs is 2. The predicted molar refractivity (Wildman–Crippen MR) is 178 cm³/mol. The first-order valence-electron chi connectivity index (χ1n) is 16.2. The van der Waals surface area contributed by atoms with Crippen molar-refractivity contribution in [3.8, 4) is 0 Å². The molecule has 2 unspecified atom stereocenters. The summed E-state index contributed by atoms with van der Waals surface area (Å²) in [5, 5.41) is -2.73. The zero-order chi connectivity index (χ0) is 39.8. The molecular weight excluding hydrogens is 799 g/mol. The van der Waals surface area contributed by atoms with Crippen LogP contribution in [0.25, 0.3) is 0 Å². The van der Waals surface area contributed by atoms with Crippen molar-refractivity contribution in [2.24, 2.45) is 0 Å². The summed E-state index contributed by atoms with van der Waals surface area (Å²) in [4.78, 5) is 0. The molecule has 0 saturated carbocycles. The van der Waals surface area contributed by atoms with Crippen molar-refractivity contribution in [3.05, 3.63) is 166 Å². The molecule has 1 saturated heterocycles. The summed E-state index contributed by atoms with van der Waals surface area (Å²) in [6.45, 7) is -8.62. The molecule has 5 aromatic rings. The summed E-state index contributed by atoms with van der Waals surface area (Å²) in [7, 11) is 0. The molecule has 3 heterocycles. The summed E-state index contributed by atoms with van der Waals surface area (Å²) in [5.74, 6) is 0. The van der Waals surface area contributed by atoms with Crippen LogP contribution in [0, 0.1) is 0 Å². The number of alkyl halides is 12. The standard InChI is InChI=1S/C38H23ClF12O3P/c39-26-21-19-25(20-22-26)32(24-13-5-2-6-14-24)31(23-11-3-1-4-12-23)55(52-32,29-17-9-7-15-27(29)33(53-55,35(40,41)42)36(43,44)45)30-18-10-8-16-28(30)34(54-55,37(46,47)48)38(49,50)51/h1-22,31H/q-1. The first kappa shape index (κ1) is 37.8.